The molecule has 0 radical (unpaired) electrons. The lowest BCUT2D eigenvalue weighted by Crippen LogP contribution is -2.46. The van der Waals surface area contributed by atoms with E-state index in [2.05, 4.69) is 25.8 Å². The number of carbonyl (C=O) groups is 4. The van der Waals surface area contributed by atoms with Gasteiger partial charge in [-0.15, -0.1) is 0 Å². The van der Waals surface area contributed by atoms with Crippen molar-refractivity contribution < 1.29 is 46.0 Å². The summed E-state index contributed by atoms with van der Waals surface area (Å²) in [6.45, 7) is 9.32. The van der Waals surface area contributed by atoms with Crippen molar-refractivity contribution >= 4 is 34.5 Å². The van der Waals surface area contributed by atoms with E-state index in [0.717, 1.165) is 17.3 Å². The van der Waals surface area contributed by atoms with Crippen LogP contribution in [0, 0.1) is 29.5 Å². The highest BCUT2D eigenvalue weighted by Gasteiger charge is 2.37. The number of aryl methyl sites for hydroxylation is 1. The standard InChI is InChI=1S/C42H51F4N5O6/c1-6-23(4)36(48-35(54)22-27-12-9-10-15-31(27)43)33(52)19-17-26(21-34(53)49-37(24(5)7-2)40-50-39(51-57-40)41(55)56-8-3)25-16-18-32-29(20-25)28-13-11-14-30(38(28)47-32)42(44,45)46/h9-15,23-26,36-37,47H,6-8,16-22H2,1-5H3,(H,48,54)(H,49,53)/t23?,24?,25?,26-,36-,37-/m0/s1. The number of ketones is 1. The van der Waals surface area contributed by atoms with Crippen molar-refractivity contribution in [3.63, 3.8) is 0 Å². The normalized spacial score (nSPS) is 16.9. The quantitative estimate of drug-likeness (QED) is 0.0675. The molecule has 2 amide bonds. The fraction of sp³-hybridized carbons (Fsp3) is 0.524. The molecular formula is C42H51F4N5O6. The van der Waals surface area contributed by atoms with Crippen LogP contribution in [0.15, 0.2) is 47.0 Å². The molecule has 0 bridgehead atoms. The van der Waals surface area contributed by atoms with Crippen molar-refractivity contribution in [2.45, 2.75) is 111 Å². The molecule has 1 aliphatic rings. The third kappa shape index (κ3) is 10.5. The maximum atomic E-state index is 14.3. The minimum absolute atomic E-state index is 0.0176. The molecule has 1 aliphatic carbocycles. The number of carbonyl (C=O) groups excluding carboxylic acids is 4. The average Bonchev–Trinajstić information content (AvgIpc) is 3.83. The molecule has 0 saturated carbocycles. The summed E-state index contributed by atoms with van der Waals surface area (Å²) < 4.78 is 66.6. The van der Waals surface area contributed by atoms with Gasteiger partial charge in [-0.2, -0.15) is 18.2 Å². The van der Waals surface area contributed by atoms with Gasteiger partial charge in [0.05, 0.1) is 30.1 Å². The van der Waals surface area contributed by atoms with Crippen molar-refractivity contribution in [3.05, 3.63) is 82.4 Å². The largest absolute Gasteiger partial charge is 0.460 e. The Bertz CT molecular complexity index is 2040. The summed E-state index contributed by atoms with van der Waals surface area (Å²) in [5.41, 5.74) is 0.972. The second-order valence-corrected chi connectivity index (χ2v) is 15.1. The van der Waals surface area contributed by atoms with E-state index in [0.29, 0.717) is 37.5 Å². The van der Waals surface area contributed by atoms with Crippen LogP contribution in [0.4, 0.5) is 17.6 Å². The van der Waals surface area contributed by atoms with Crippen molar-refractivity contribution in [3.8, 4) is 0 Å². The number of esters is 1. The number of fused-ring (bicyclic) bond motifs is 3. The fourth-order valence-corrected chi connectivity index (χ4v) is 7.70. The van der Waals surface area contributed by atoms with Gasteiger partial charge in [-0.3, -0.25) is 14.4 Å². The summed E-state index contributed by atoms with van der Waals surface area (Å²) in [5.74, 6) is -3.58. The fourth-order valence-electron chi connectivity index (χ4n) is 7.70. The number of hydrogen-bond donors (Lipinski definition) is 3. The Hall–Kier alpha value is -5.08. The van der Waals surface area contributed by atoms with Crippen molar-refractivity contribution in [1.82, 2.24) is 25.8 Å². The zero-order valence-corrected chi connectivity index (χ0v) is 32.9. The van der Waals surface area contributed by atoms with Crippen LogP contribution in [-0.2, 0) is 44.6 Å². The Labute approximate surface area is 329 Å². The van der Waals surface area contributed by atoms with E-state index in [-0.39, 0.29) is 90.4 Å². The minimum atomic E-state index is -4.55. The lowest BCUT2D eigenvalue weighted by Gasteiger charge is -2.32. The maximum absolute atomic E-state index is 14.3. The third-order valence-electron chi connectivity index (χ3n) is 11.3. The molecule has 11 nitrogen and oxygen atoms in total. The Morgan fingerprint density at radius 1 is 0.982 bits per heavy atom. The molecule has 2 aromatic heterocycles. The summed E-state index contributed by atoms with van der Waals surface area (Å²) in [6.07, 6.45) is -1.93. The third-order valence-corrected chi connectivity index (χ3v) is 11.3. The van der Waals surface area contributed by atoms with Gasteiger partial charge >= 0.3 is 12.1 Å². The molecule has 3 unspecified atom stereocenters. The molecule has 5 rings (SSSR count). The van der Waals surface area contributed by atoms with Gasteiger partial charge in [0.25, 0.3) is 5.82 Å². The van der Waals surface area contributed by atoms with Crippen LogP contribution < -0.4 is 10.6 Å². The molecule has 0 spiro atoms. The van der Waals surface area contributed by atoms with Gasteiger partial charge in [0.2, 0.25) is 17.7 Å². The summed E-state index contributed by atoms with van der Waals surface area (Å²) in [7, 11) is 0. The number of Topliss-reactive ketones (excluding diaryl/α,β-unsaturated/α-hetero) is 1. The van der Waals surface area contributed by atoms with Gasteiger partial charge in [0.15, 0.2) is 5.78 Å². The van der Waals surface area contributed by atoms with Crippen LogP contribution >= 0.6 is 0 Å². The van der Waals surface area contributed by atoms with E-state index in [9.17, 15) is 36.7 Å². The van der Waals surface area contributed by atoms with E-state index in [1.807, 2.05) is 27.7 Å². The highest BCUT2D eigenvalue weighted by Crippen LogP contribution is 2.41. The first-order valence-corrected chi connectivity index (χ1v) is 19.7. The lowest BCUT2D eigenvalue weighted by atomic mass is 9.74. The highest BCUT2D eigenvalue weighted by atomic mass is 19.4. The van der Waals surface area contributed by atoms with Crippen molar-refractivity contribution in [2.75, 3.05) is 6.61 Å². The van der Waals surface area contributed by atoms with E-state index in [1.54, 1.807) is 19.1 Å². The molecule has 0 aliphatic heterocycles. The molecule has 308 valence electrons. The molecule has 15 heteroatoms. The number of alkyl halides is 3. The molecule has 2 heterocycles. The lowest BCUT2D eigenvalue weighted by molar-refractivity contribution is -0.136. The Balaban J connectivity index is 1.39. The molecule has 6 atom stereocenters. The number of ether oxygens (including phenoxy) is 1. The Morgan fingerprint density at radius 2 is 1.72 bits per heavy atom. The van der Waals surface area contributed by atoms with E-state index in [1.165, 1.54) is 24.3 Å². The second kappa shape index (κ2) is 18.9. The van der Waals surface area contributed by atoms with Gasteiger partial charge in [-0.1, -0.05) is 70.9 Å². The van der Waals surface area contributed by atoms with E-state index < -0.39 is 41.5 Å². The maximum Gasteiger partial charge on any atom is 0.418 e. The highest BCUT2D eigenvalue weighted by molar-refractivity contribution is 5.90. The summed E-state index contributed by atoms with van der Waals surface area (Å²) in [4.78, 5) is 60.5. The van der Waals surface area contributed by atoms with Gasteiger partial charge in [-0.05, 0) is 84.7 Å². The molecule has 3 N–H and O–H groups in total. The molecule has 2 aromatic carbocycles. The summed E-state index contributed by atoms with van der Waals surface area (Å²) in [5, 5.41) is 10.1. The van der Waals surface area contributed by atoms with Crippen molar-refractivity contribution in [1.29, 1.82) is 0 Å². The molecule has 0 saturated heterocycles. The smallest absolute Gasteiger partial charge is 0.418 e. The van der Waals surface area contributed by atoms with Crippen molar-refractivity contribution in [2.24, 2.45) is 23.7 Å². The zero-order chi connectivity index (χ0) is 41.4. The van der Waals surface area contributed by atoms with Crippen LogP contribution in [-0.4, -0.2) is 51.3 Å². The average molecular weight is 798 g/mol. The molecular weight excluding hydrogens is 746 g/mol. The number of nitrogens with zero attached hydrogens (tertiary/aromatic N) is 2. The minimum Gasteiger partial charge on any atom is -0.460 e. The topological polar surface area (TPSA) is 156 Å². The number of amides is 2. The molecule has 0 fully saturated rings. The predicted octanol–water partition coefficient (Wildman–Crippen LogP) is 8.02. The number of aromatic nitrogens is 3. The number of aromatic amines is 1. The van der Waals surface area contributed by atoms with Gasteiger partial charge in [-0.25, -0.2) is 9.18 Å². The van der Waals surface area contributed by atoms with E-state index in [4.69, 9.17) is 9.26 Å². The number of halogens is 4. The molecule has 57 heavy (non-hydrogen) atoms. The monoisotopic (exact) mass is 797 g/mol. The van der Waals surface area contributed by atoms with Crippen LogP contribution in [0.5, 0.6) is 0 Å². The van der Waals surface area contributed by atoms with Crippen LogP contribution in [0.3, 0.4) is 0 Å². The van der Waals surface area contributed by atoms with Crippen LogP contribution in [0.1, 0.15) is 118 Å². The first-order chi connectivity index (χ1) is 27.1. The second-order valence-electron chi connectivity index (χ2n) is 15.1. The SMILES string of the molecule is CCOC(=O)c1noc([C@@H](NC(=O)C[C@H](CCC(=O)[C@@H](NC(=O)Cc2ccccc2F)C(C)CC)C2CCc3[nH]c4c(C(F)(F)F)cccc4c3C2)C(C)CC)n1. The van der Waals surface area contributed by atoms with Crippen LogP contribution in [0.25, 0.3) is 10.9 Å². The number of hydrogen-bond acceptors (Lipinski definition) is 8. The first kappa shape index (κ1) is 43.1. The summed E-state index contributed by atoms with van der Waals surface area (Å²) >= 11 is 0. The zero-order valence-electron chi connectivity index (χ0n) is 32.9. The van der Waals surface area contributed by atoms with Gasteiger partial charge in [0.1, 0.15) is 11.9 Å². The van der Waals surface area contributed by atoms with Crippen LogP contribution in [0.2, 0.25) is 0 Å². The number of rotatable bonds is 18. The van der Waals surface area contributed by atoms with Gasteiger partial charge < -0.3 is 24.9 Å². The Morgan fingerprint density at radius 3 is 2.40 bits per heavy atom. The molecule has 4 aromatic rings. The Kier molecular flexibility index (Phi) is 14.3. The number of benzene rings is 2. The number of H-pyrrole nitrogens is 1. The van der Waals surface area contributed by atoms with E-state index >= 15 is 0 Å². The summed E-state index contributed by atoms with van der Waals surface area (Å²) in [6, 6.07) is 8.46. The number of nitrogens with one attached hydrogen (secondary N) is 3. The van der Waals surface area contributed by atoms with Gasteiger partial charge in [0, 0.05) is 23.9 Å². The predicted molar refractivity (Wildman–Crippen MR) is 203 cm³/mol. The number of para-hydroxylation sites is 1. The first-order valence-electron chi connectivity index (χ1n) is 19.7.